The van der Waals surface area contributed by atoms with Crippen molar-refractivity contribution < 1.29 is 57.5 Å². The number of carbonyl (C=O) groups is 5. The Bertz CT molecular complexity index is 1390. The normalized spacial score (nSPS) is 42.4. The summed E-state index contributed by atoms with van der Waals surface area (Å²) in [5, 5.41) is 14.7. The van der Waals surface area contributed by atoms with Gasteiger partial charge in [-0.15, -0.1) is 0 Å². The van der Waals surface area contributed by atoms with Crippen LogP contribution in [0.5, 0.6) is 0 Å². The number of aliphatic hydroxyl groups excluding tert-OH is 1. The number of hydrogen-bond acceptors (Lipinski definition) is 13. The van der Waals surface area contributed by atoms with Gasteiger partial charge < -0.3 is 43.7 Å². The van der Waals surface area contributed by atoms with Crippen LogP contribution in [0.3, 0.4) is 0 Å². The first kappa shape index (κ1) is 41.5. The Labute approximate surface area is 307 Å². The van der Waals surface area contributed by atoms with E-state index >= 15 is 0 Å². The number of alkyl carbamates (subject to hydrolysis) is 1. The first-order valence-electron chi connectivity index (χ1n) is 18.3. The molecule has 0 unspecified atom stereocenters. The summed E-state index contributed by atoms with van der Waals surface area (Å²) < 4.78 is 37.2. The molecule has 4 rings (SSSR count). The number of fused-ring (bicyclic) bond motifs is 4. The van der Waals surface area contributed by atoms with Gasteiger partial charge in [0.15, 0.2) is 18.0 Å². The van der Waals surface area contributed by atoms with E-state index in [-0.39, 0.29) is 43.9 Å². The molecule has 0 saturated carbocycles. The standard InChI is InChI=1S/C37H59N3O12/c1-13-26-37(10)30-21(5)27(42)19(3)15-36(9,51-34(45)38-16-18(2)17-40(30)35(46)52-37)31(22(6)28(43)23(7)32(44)49-26)50-33-29(48-24(8)41)25(39(11)12)14-20(4)47-33/h19-23,25-26,28-31,33,43H,2,13-17H2,1,3-12H3,(H,38,45)/t19-,20-,21+,22+,23-,25+,26-,28+,29-,30-,31-,33+,36-,37-/m1/s1. The zero-order valence-corrected chi connectivity index (χ0v) is 32.5. The molecule has 0 aliphatic carbocycles. The molecule has 4 heterocycles. The van der Waals surface area contributed by atoms with Gasteiger partial charge in [-0.25, -0.2) is 9.59 Å². The van der Waals surface area contributed by atoms with Crippen molar-refractivity contribution >= 4 is 29.9 Å². The number of rotatable bonds is 5. The lowest BCUT2D eigenvalue weighted by molar-refractivity contribution is -0.300. The molecule has 0 radical (unpaired) electrons. The molecule has 15 heteroatoms. The fraction of sp³-hybridized carbons (Fsp3) is 0.811. The molecule has 0 aromatic carbocycles. The second kappa shape index (κ2) is 16.0. The maximum Gasteiger partial charge on any atom is 0.411 e. The Morgan fingerprint density at radius 2 is 1.73 bits per heavy atom. The Hall–Kier alpha value is -3.27. The Morgan fingerprint density at radius 1 is 1.08 bits per heavy atom. The summed E-state index contributed by atoms with van der Waals surface area (Å²) in [5.74, 6) is -5.30. The molecule has 2 amide bonds. The highest BCUT2D eigenvalue weighted by Gasteiger charge is 2.61. The quantitative estimate of drug-likeness (QED) is 0.239. The highest BCUT2D eigenvalue weighted by atomic mass is 16.7. The minimum Gasteiger partial charge on any atom is -0.458 e. The van der Waals surface area contributed by atoms with Crippen LogP contribution in [-0.4, -0.2) is 132 Å². The number of Topliss-reactive ketones (excluding diaryl/α,β-unsaturated/α-hetero) is 1. The summed E-state index contributed by atoms with van der Waals surface area (Å²) in [4.78, 5) is 71.4. The number of cyclic esters (lactones) is 1. The van der Waals surface area contributed by atoms with Gasteiger partial charge in [0.2, 0.25) is 0 Å². The molecule has 52 heavy (non-hydrogen) atoms. The molecule has 4 saturated heterocycles. The lowest BCUT2D eigenvalue weighted by Crippen LogP contribution is -2.61. The van der Waals surface area contributed by atoms with Crippen LogP contribution in [0.15, 0.2) is 12.2 Å². The van der Waals surface area contributed by atoms with Crippen LogP contribution in [0.2, 0.25) is 0 Å². The molecule has 0 aromatic heterocycles. The predicted octanol–water partition coefficient (Wildman–Crippen LogP) is 3.20. The average molecular weight is 738 g/mol. The molecule has 4 aliphatic heterocycles. The minimum atomic E-state index is -1.65. The summed E-state index contributed by atoms with van der Waals surface area (Å²) in [6, 6.07) is -1.21. The number of amides is 2. The van der Waals surface area contributed by atoms with E-state index in [4.69, 9.17) is 28.4 Å². The smallest absolute Gasteiger partial charge is 0.411 e. The Balaban J connectivity index is 1.93. The topological polar surface area (TPSA) is 179 Å². The molecular formula is C37H59N3O12. The third kappa shape index (κ3) is 8.27. The van der Waals surface area contributed by atoms with Crippen molar-refractivity contribution in [2.24, 2.45) is 23.7 Å². The van der Waals surface area contributed by atoms with Gasteiger partial charge in [0.05, 0.1) is 30.2 Å². The molecule has 2 bridgehead atoms. The van der Waals surface area contributed by atoms with Crippen molar-refractivity contribution in [3.8, 4) is 0 Å². The van der Waals surface area contributed by atoms with Crippen LogP contribution >= 0.6 is 0 Å². The van der Waals surface area contributed by atoms with Crippen molar-refractivity contribution in [3.63, 3.8) is 0 Å². The first-order valence-corrected chi connectivity index (χ1v) is 18.3. The monoisotopic (exact) mass is 737 g/mol. The summed E-state index contributed by atoms with van der Waals surface area (Å²) in [5.41, 5.74) is -2.67. The van der Waals surface area contributed by atoms with Gasteiger partial charge in [-0.3, -0.25) is 19.3 Å². The summed E-state index contributed by atoms with van der Waals surface area (Å²) >= 11 is 0. The van der Waals surface area contributed by atoms with Crippen molar-refractivity contribution in [2.45, 2.75) is 142 Å². The van der Waals surface area contributed by atoms with Crippen LogP contribution in [0, 0.1) is 23.7 Å². The van der Waals surface area contributed by atoms with E-state index in [1.165, 1.54) is 18.7 Å². The molecule has 2 N–H and O–H groups in total. The lowest BCUT2D eigenvalue weighted by Gasteiger charge is -2.48. The minimum absolute atomic E-state index is 0.0489. The zero-order valence-electron chi connectivity index (χ0n) is 32.5. The molecule has 4 fully saturated rings. The SMILES string of the molecule is C=C1CNC(=O)O[C@]2(C)C[C@@H](C)C(=O)[C@H](C)[C@H]3N(C1)C(=O)O[C@]3(C)[C@@H](CC)OC(=O)[C@H](C)[C@@H](O)[C@H](C)[C@H]2O[C@@H]1O[C@H](C)C[C@H](N(C)C)[C@H]1OC(C)=O. The molecular weight excluding hydrogens is 678 g/mol. The fourth-order valence-electron chi connectivity index (χ4n) is 8.74. The van der Waals surface area contributed by atoms with E-state index in [1.54, 1.807) is 41.5 Å². The van der Waals surface area contributed by atoms with Gasteiger partial charge >= 0.3 is 24.1 Å². The third-order valence-corrected chi connectivity index (χ3v) is 11.4. The van der Waals surface area contributed by atoms with E-state index in [2.05, 4.69) is 11.9 Å². The number of likely N-dealkylation sites (N-methyl/N-ethyl adjacent to an activating group) is 1. The van der Waals surface area contributed by atoms with Crippen LogP contribution in [-0.2, 0) is 42.8 Å². The molecule has 15 nitrogen and oxygen atoms in total. The van der Waals surface area contributed by atoms with Crippen molar-refractivity contribution in [3.05, 3.63) is 12.2 Å². The average Bonchev–Trinajstić information content (AvgIpc) is 3.31. The fourth-order valence-corrected chi connectivity index (χ4v) is 8.74. The van der Waals surface area contributed by atoms with E-state index in [0.29, 0.717) is 12.0 Å². The van der Waals surface area contributed by atoms with Gasteiger partial charge in [-0.2, -0.15) is 0 Å². The number of hydrogen-bond donors (Lipinski definition) is 2. The second-order valence-corrected chi connectivity index (χ2v) is 15.9. The number of esters is 2. The largest absolute Gasteiger partial charge is 0.458 e. The second-order valence-electron chi connectivity index (χ2n) is 15.9. The number of aliphatic hydroxyl groups is 1. The van der Waals surface area contributed by atoms with Crippen molar-refractivity contribution in [1.82, 2.24) is 15.1 Å². The van der Waals surface area contributed by atoms with Gasteiger partial charge in [0.25, 0.3) is 0 Å². The lowest BCUT2D eigenvalue weighted by atomic mass is 9.73. The summed E-state index contributed by atoms with van der Waals surface area (Å²) in [6.07, 6.45) is -7.02. The van der Waals surface area contributed by atoms with Gasteiger partial charge in [0.1, 0.15) is 23.6 Å². The van der Waals surface area contributed by atoms with Crippen molar-refractivity contribution in [1.29, 1.82) is 0 Å². The number of nitrogens with zero attached hydrogens (tertiary/aromatic N) is 2. The predicted molar refractivity (Wildman–Crippen MR) is 187 cm³/mol. The van der Waals surface area contributed by atoms with Gasteiger partial charge in [-0.1, -0.05) is 34.3 Å². The molecule has 14 atom stereocenters. The maximum atomic E-state index is 14.6. The van der Waals surface area contributed by atoms with E-state index in [1.807, 2.05) is 25.9 Å². The number of carbonyl (C=O) groups excluding carboxylic acids is 5. The summed E-state index contributed by atoms with van der Waals surface area (Å²) in [6.45, 7) is 18.7. The zero-order chi connectivity index (χ0) is 39.0. The van der Waals surface area contributed by atoms with E-state index in [0.717, 1.165) is 0 Å². The number of ketones is 1. The van der Waals surface area contributed by atoms with Crippen LogP contribution in [0.4, 0.5) is 9.59 Å². The van der Waals surface area contributed by atoms with E-state index < -0.39 is 95.7 Å². The third-order valence-electron chi connectivity index (χ3n) is 11.4. The van der Waals surface area contributed by atoms with E-state index in [9.17, 15) is 29.1 Å². The number of nitrogens with one attached hydrogen (secondary N) is 1. The number of ether oxygens (including phenoxy) is 6. The molecule has 0 aromatic rings. The molecule has 4 aliphatic rings. The molecule has 0 spiro atoms. The van der Waals surface area contributed by atoms with Gasteiger partial charge in [-0.05, 0) is 66.6 Å². The summed E-state index contributed by atoms with van der Waals surface area (Å²) in [7, 11) is 3.70. The maximum absolute atomic E-state index is 14.6. The van der Waals surface area contributed by atoms with Crippen LogP contribution in [0.1, 0.15) is 81.6 Å². The Morgan fingerprint density at radius 3 is 2.33 bits per heavy atom. The van der Waals surface area contributed by atoms with Gasteiger partial charge in [0, 0.05) is 37.8 Å². The first-order chi connectivity index (χ1) is 24.1. The highest BCUT2D eigenvalue weighted by molar-refractivity contribution is 5.85. The van der Waals surface area contributed by atoms with Crippen LogP contribution < -0.4 is 5.32 Å². The molecule has 294 valence electrons. The van der Waals surface area contributed by atoms with Crippen molar-refractivity contribution in [2.75, 3.05) is 27.2 Å². The highest BCUT2D eigenvalue weighted by Crippen LogP contribution is 2.44. The van der Waals surface area contributed by atoms with Crippen LogP contribution in [0.25, 0.3) is 0 Å². The Kier molecular flexibility index (Phi) is 12.8.